The van der Waals surface area contributed by atoms with Gasteiger partial charge in [0.05, 0.1) is 0 Å². The van der Waals surface area contributed by atoms with Crippen molar-refractivity contribution in [2.75, 3.05) is 7.05 Å². The molecule has 1 aromatic rings. The molecule has 2 unspecified atom stereocenters. The van der Waals surface area contributed by atoms with E-state index in [0.717, 1.165) is 10.5 Å². The van der Waals surface area contributed by atoms with Crippen LogP contribution in [-0.4, -0.2) is 35.6 Å². The first-order chi connectivity index (χ1) is 10.8. The number of benzene rings is 1. The fourth-order valence-corrected chi connectivity index (χ4v) is 2.93. The number of amides is 4. The first-order valence-electron chi connectivity index (χ1n) is 7.54. The van der Waals surface area contributed by atoms with Crippen molar-refractivity contribution in [1.29, 1.82) is 0 Å². The highest BCUT2D eigenvalue weighted by molar-refractivity contribution is 6.20. The lowest BCUT2D eigenvalue weighted by atomic mass is 9.67. The van der Waals surface area contributed by atoms with Crippen LogP contribution in [0.25, 0.3) is 0 Å². The van der Waals surface area contributed by atoms with Crippen molar-refractivity contribution < 1.29 is 19.2 Å². The smallest absolute Gasteiger partial charge is 0.300 e. The molecule has 0 spiro atoms. The van der Waals surface area contributed by atoms with E-state index in [0.29, 0.717) is 0 Å². The molecule has 1 aromatic carbocycles. The molecule has 1 heterocycles. The molecule has 6 nitrogen and oxygen atoms in total. The van der Waals surface area contributed by atoms with E-state index in [1.807, 2.05) is 6.07 Å². The van der Waals surface area contributed by atoms with Gasteiger partial charge in [-0.1, -0.05) is 44.2 Å². The van der Waals surface area contributed by atoms with Gasteiger partial charge in [0.2, 0.25) is 11.8 Å². The van der Waals surface area contributed by atoms with Crippen molar-refractivity contribution in [1.82, 2.24) is 10.2 Å². The Morgan fingerprint density at radius 3 is 2.39 bits per heavy atom. The van der Waals surface area contributed by atoms with E-state index in [4.69, 9.17) is 0 Å². The number of imide groups is 2. The lowest BCUT2D eigenvalue weighted by Gasteiger charge is -2.41. The molecule has 0 aliphatic carbocycles. The van der Waals surface area contributed by atoms with Crippen molar-refractivity contribution >= 4 is 23.6 Å². The highest BCUT2D eigenvalue weighted by Crippen LogP contribution is 2.42. The van der Waals surface area contributed by atoms with Crippen LogP contribution in [-0.2, 0) is 14.4 Å². The number of carbonyl (C=O) groups is 4. The van der Waals surface area contributed by atoms with Crippen molar-refractivity contribution in [3.63, 3.8) is 0 Å². The quantitative estimate of drug-likeness (QED) is 0.840. The third-order valence-corrected chi connectivity index (χ3v) is 4.53. The van der Waals surface area contributed by atoms with Crippen LogP contribution in [0.1, 0.15) is 38.2 Å². The van der Waals surface area contributed by atoms with Crippen LogP contribution in [0, 0.1) is 5.41 Å². The average molecular weight is 316 g/mol. The zero-order valence-corrected chi connectivity index (χ0v) is 13.5. The number of hydrogen-bond donors (Lipinski definition) is 1. The Balaban J connectivity index is 2.56. The van der Waals surface area contributed by atoms with Gasteiger partial charge in [-0.15, -0.1) is 0 Å². The number of urea groups is 1. The summed E-state index contributed by atoms with van der Waals surface area (Å²) in [6, 6.07) is 8.29. The maximum Gasteiger partial charge on any atom is 0.330 e. The lowest BCUT2D eigenvalue weighted by molar-refractivity contribution is -0.155. The molecule has 2 atom stereocenters. The first kappa shape index (κ1) is 16.9. The molecule has 23 heavy (non-hydrogen) atoms. The van der Waals surface area contributed by atoms with E-state index in [-0.39, 0.29) is 18.6 Å². The Kier molecular flexibility index (Phi) is 4.63. The monoisotopic (exact) mass is 316 g/mol. The molecule has 0 saturated carbocycles. The second-order valence-electron chi connectivity index (χ2n) is 5.80. The van der Waals surface area contributed by atoms with Gasteiger partial charge in [0.25, 0.3) is 0 Å². The first-order valence-corrected chi connectivity index (χ1v) is 7.54. The molecule has 1 fully saturated rings. The fourth-order valence-electron chi connectivity index (χ4n) is 2.93. The molecule has 6 heteroatoms. The van der Waals surface area contributed by atoms with Crippen LogP contribution in [0.4, 0.5) is 4.79 Å². The molecule has 1 N–H and O–H groups in total. The van der Waals surface area contributed by atoms with Crippen molar-refractivity contribution in [3.8, 4) is 0 Å². The summed E-state index contributed by atoms with van der Waals surface area (Å²) in [6.45, 7) is 3.42. The van der Waals surface area contributed by atoms with E-state index in [1.165, 1.54) is 7.05 Å². The van der Waals surface area contributed by atoms with E-state index in [2.05, 4.69) is 5.32 Å². The molecule has 0 radical (unpaired) electrons. The van der Waals surface area contributed by atoms with Crippen molar-refractivity contribution in [2.45, 2.75) is 32.6 Å². The predicted molar refractivity (Wildman–Crippen MR) is 83.5 cm³/mol. The van der Waals surface area contributed by atoms with Crippen LogP contribution in [0.5, 0.6) is 0 Å². The summed E-state index contributed by atoms with van der Waals surface area (Å²) in [7, 11) is 1.31. The number of Topliss-reactive ketones (excluding diaryl/α,β-unsaturated/α-hetero) is 1. The summed E-state index contributed by atoms with van der Waals surface area (Å²) in [5.41, 5.74) is -0.834. The van der Waals surface area contributed by atoms with Gasteiger partial charge in [0.15, 0.2) is 0 Å². The van der Waals surface area contributed by atoms with Gasteiger partial charge in [-0.05, 0) is 5.56 Å². The van der Waals surface area contributed by atoms with Gasteiger partial charge < -0.3 is 0 Å². The van der Waals surface area contributed by atoms with Gasteiger partial charge in [0, 0.05) is 25.8 Å². The predicted octanol–water partition coefficient (Wildman–Crippen LogP) is 1.85. The number of carbonyl (C=O) groups excluding carboxylic acids is 4. The molecule has 0 bridgehead atoms. The van der Waals surface area contributed by atoms with Crippen LogP contribution >= 0.6 is 0 Å². The molecule has 2 rings (SSSR count). The number of rotatable bonds is 5. The summed E-state index contributed by atoms with van der Waals surface area (Å²) in [5.74, 6) is -2.07. The summed E-state index contributed by atoms with van der Waals surface area (Å²) in [6.07, 6.45) is 0.00330. The largest absolute Gasteiger partial charge is 0.330 e. The van der Waals surface area contributed by atoms with Gasteiger partial charge >= 0.3 is 6.03 Å². The van der Waals surface area contributed by atoms with E-state index in [1.54, 1.807) is 38.1 Å². The highest BCUT2D eigenvalue weighted by atomic mass is 16.2. The van der Waals surface area contributed by atoms with Gasteiger partial charge in [0.1, 0.15) is 11.2 Å². The van der Waals surface area contributed by atoms with Crippen LogP contribution in [0.15, 0.2) is 30.3 Å². The third-order valence-electron chi connectivity index (χ3n) is 4.53. The fraction of sp³-hybridized carbons (Fsp3) is 0.412. The van der Waals surface area contributed by atoms with Gasteiger partial charge in [-0.2, -0.15) is 0 Å². The molecule has 1 aliphatic rings. The van der Waals surface area contributed by atoms with Gasteiger partial charge in [-0.25, -0.2) is 4.79 Å². The molecular formula is C17H20N2O4. The molecule has 0 aromatic heterocycles. The van der Waals surface area contributed by atoms with Gasteiger partial charge in [-0.3, -0.25) is 24.6 Å². The number of hydrogen-bond acceptors (Lipinski definition) is 4. The third kappa shape index (κ3) is 2.76. The molecule has 4 amide bonds. The highest BCUT2D eigenvalue weighted by Gasteiger charge is 2.57. The van der Waals surface area contributed by atoms with E-state index in [9.17, 15) is 19.2 Å². The van der Waals surface area contributed by atoms with E-state index < -0.39 is 29.2 Å². The second kappa shape index (κ2) is 6.32. The maximum absolute atomic E-state index is 12.8. The Bertz CT molecular complexity index is 656. The summed E-state index contributed by atoms with van der Waals surface area (Å²) >= 11 is 0. The van der Waals surface area contributed by atoms with E-state index >= 15 is 0 Å². The number of barbiturate groups is 1. The second-order valence-corrected chi connectivity index (χ2v) is 5.80. The Labute approximate surface area is 134 Å². The van der Waals surface area contributed by atoms with Crippen LogP contribution < -0.4 is 5.32 Å². The molecule has 122 valence electrons. The maximum atomic E-state index is 12.8. The van der Waals surface area contributed by atoms with Crippen LogP contribution in [0.3, 0.4) is 0 Å². The topological polar surface area (TPSA) is 83.6 Å². The Hall–Kier alpha value is -2.50. The SMILES string of the molecule is CCC(=O)CC1(C(C)c2ccccc2)C(=O)NC(=O)N(C)C1=O. The molecular weight excluding hydrogens is 296 g/mol. The summed E-state index contributed by atoms with van der Waals surface area (Å²) < 4.78 is 0. The zero-order chi connectivity index (χ0) is 17.2. The Morgan fingerprint density at radius 1 is 1.22 bits per heavy atom. The number of nitrogens with zero attached hydrogens (tertiary/aromatic N) is 1. The summed E-state index contributed by atoms with van der Waals surface area (Å²) in [4.78, 5) is 50.1. The zero-order valence-electron chi connectivity index (χ0n) is 13.5. The minimum atomic E-state index is -1.60. The van der Waals surface area contributed by atoms with Crippen LogP contribution in [0.2, 0.25) is 0 Å². The Morgan fingerprint density at radius 2 is 1.83 bits per heavy atom. The average Bonchev–Trinajstić information content (AvgIpc) is 2.56. The standard InChI is InChI=1S/C17H20N2O4/c1-4-13(20)10-17(11(2)12-8-6-5-7-9-12)14(21)18-16(23)19(3)15(17)22/h5-9,11H,4,10H2,1-3H3,(H,18,21,23). The minimum absolute atomic E-state index is 0.195. The van der Waals surface area contributed by atoms with Crippen molar-refractivity contribution in [2.24, 2.45) is 5.41 Å². The molecule has 1 aliphatic heterocycles. The lowest BCUT2D eigenvalue weighted by Crippen LogP contribution is -2.64. The van der Waals surface area contributed by atoms with Crippen molar-refractivity contribution in [3.05, 3.63) is 35.9 Å². The number of nitrogens with one attached hydrogen (secondary N) is 1. The molecule has 1 saturated heterocycles. The number of ketones is 1. The summed E-state index contributed by atoms with van der Waals surface area (Å²) in [5, 5.41) is 2.21. The normalized spacial score (nSPS) is 22.7. The minimum Gasteiger partial charge on any atom is -0.300 e.